The molecule has 3 rings (SSSR count). The van der Waals surface area contributed by atoms with Crippen LogP contribution in [0, 0.1) is 10.1 Å². The lowest BCUT2D eigenvalue weighted by atomic mass is 10.0. The molecule has 2 aromatic rings. The number of nitrogens with zero attached hydrogens (tertiary/aromatic N) is 1. The van der Waals surface area contributed by atoms with Gasteiger partial charge in [0, 0.05) is 34.0 Å². The van der Waals surface area contributed by atoms with Crippen molar-refractivity contribution in [1.29, 1.82) is 0 Å². The van der Waals surface area contributed by atoms with Crippen molar-refractivity contribution in [3.63, 3.8) is 0 Å². The molecule has 0 aromatic heterocycles. The van der Waals surface area contributed by atoms with Crippen LogP contribution in [-0.4, -0.2) is 10.8 Å². The standard InChI is InChI=1S/C15H9ClN2O3/c16-10-3-6-14-12(8-10)13(15(19)17-14)7-9-1-4-11(5-2-9)18(20)21/h1-8H,(H,17,19). The molecule has 1 N–H and O–H groups in total. The van der Waals surface area contributed by atoms with Crippen molar-refractivity contribution in [2.75, 3.05) is 5.32 Å². The maximum absolute atomic E-state index is 12.0. The minimum Gasteiger partial charge on any atom is -0.321 e. The zero-order valence-electron chi connectivity index (χ0n) is 10.7. The first-order valence-electron chi connectivity index (χ1n) is 6.12. The maximum atomic E-state index is 12.0. The molecule has 0 saturated heterocycles. The van der Waals surface area contributed by atoms with E-state index in [1.54, 1.807) is 36.4 Å². The number of amides is 1. The van der Waals surface area contributed by atoms with Gasteiger partial charge in [0.15, 0.2) is 0 Å². The second-order valence-corrected chi connectivity index (χ2v) is 4.99. The maximum Gasteiger partial charge on any atom is 0.269 e. The molecule has 0 radical (unpaired) electrons. The van der Waals surface area contributed by atoms with Gasteiger partial charge in [0.05, 0.1) is 4.92 Å². The van der Waals surface area contributed by atoms with Crippen LogP contribution in [0.3, 0.4) is 0 Å². The van der Waals surface area contributed by atoms with Gasteiger partial charge in [0.2, 0.25) is 0 Å². The summed E-state index contributed by atoms with van der Waals surface area (Å²) in [6.07, 6.45) is 1.68. The summed E-state index contributed by atoms with van der Waals surface area (Å²) in [7, 11) is 0. The topological polar surface area (TPSA) is 72.2 Å². The molecule has 1 amide bonds. The number of hydrogen-bond donors (Lipinski definition) is 1. The average Bonchev–Trinajstić information content (AvgIpc) is 2.76. The molecule has 5 nitrogen and oxygen atoms in total. The lowest BCUT2D eigenvalue weighted by Gasteiger charge is -1.99. The van der Waals surface area contributed by atoms with Crippen molar-refractivity contribution in [2.45, 2.75) is 0 Å². The number of carbonyl (C=O) groups is 1. The van der Waals surface area contributed by atoms with Crippen LogP contribution < -0.4 is 5.32 Å². The molecule has 0 aliphatic carbocycles. The quantitative estimate of drug-likeness (QED) is 0.521. The Morgan fingerprint density at radius 3 is 2.52 bits per heavy atom. The minimum atomic E-state index is -0.464. The third-order valence-electron chi connectivity index (χ3n) is 3.18. The van der Waals surface area contributed by atoms with Gasteiger partial charge in [-0.15, -0.1) is 0 Å². The summed E-state index contributed by atoms with van der Waals surface area (Å²) in [5, 5.41) is 13.9. The number of nitro groups is 1. The summed E-state index contributed by atoms with van der Waals surface area (Å²) in [4.78, 5) is 22.1. The fourth-order valence-corrected chi connectivity index (χ4v) is 2.33. The van der Waals surface area contributed by atoms with E-state index in [2.05, 4.69) is 5.32 Å². The van der Waals surface area contributed by atoms with E-state index in [-0.39, 0.29) is 11.6 Å². The summed E-state index contributed by atoms with van der Waals surface area (Å²) in [5.41, 5.74) is 2.64. The number of benzene rings is 2. The highest BCUT2D eigenvalue weighted by atomic mass is 35.5. The molecule has 0 fully saturated rings. The van der Waals surface area contributed by atoms with Crippen molar-refractivity contribution in [2.24, 2.45) is 0 Å². The second-order valence-electron chi connectivity index (χ2n) is 4.55. The number of rotatable bonds is 2. The molecular formula is C15H9ClN2O3. The number of fused-ring (bicyclic) bond motifs is 1. The van der Waals surface area contributed by atoms with Crippen LogP contribution in [0.2, 0.25) is 5.02 Å². The molecule has 0 unspecified atom stereocenters. The smallest absolute Gasteiger partial charge is 0.269 e. The Morgan fingerprint density at radius 1 is 1.14 bits per heavy atom. The van der Waals surface area contributed by atoms with Gasteiger partial charge in [0.25, 0.3) is 11.6 Å². The van der Waals surface area contributed by atoms with Gasteiger partial charge >= 0.3 is 0 Å². The van der Waals surface area contributed by atoms with Crippen molar-refractivity contribution in [1.82, 2.24) is 0 Å². The Hall–Kier alpha value is -2.66. The first kappa shape index (κ1) is 13.3. The Morgan fingerprint density at radius 2 is 1.86 bits per heavy atom. The fraction of sp³-hybridized carbons (Fsp3) is 0. The van der Waals surface area contributed by atoms with Crippen LogP contribution in [-0.2, 0) is 4.79 Å². The third-order valence-corrected chi connectivity index (χ3v) is 3.41. The molecule has 21 heavy (non-hydrogen) atoms. The highest BCUT2D eigenvalue weighted by Crippen LogP contribution is 2.35. The van der Waals surface area contributed by atoms with Crippen LogP contribution in [0.1, 0.15) is 11.1 Å². The summed E-state index contributed by atoms with van der Waals surface area (Å²) >= 11 is 5.95. The van der Waals surface area contributed by atoms with E-state index in [4.69, 9.17) is 11.6 Å². The van der Waals surface area contributed by atoms with Crippen LogP contribution in [0.15, 0.2) is 42.5 Å². The fourth-order valence-electron chi connectivity index (χ4n) is 2.16. The number of hydrogen-bond acceptors (Lipinski definition) is 3. The lowest BCUT2D eigenvalue weighted by Crippen LogP contribution is -2.03. The summed E-state index contributed by atoms with van der Waals surface area (Å²) in [5.74, 6) is -0.217. The van der Waals surface area contributed by atoms with E-state index >= 15 is 0 Å². The zero-order chi connectivity index (χ0) is 15.0. The van der Waals surface area contributed by atoms with Crippen LogP contribution in [0.25, 0.3) is 11.6 Å². The highest BCUT2D eigenvalue weighted by Gasteiger charge is 2.24. The first-order chi connectivity index (χ1) is 10.0. The van der Waals surface area contributed by atoms with E-state index in [1.165, 1.54) is 12.1 Å². The van der Waals surface area contributed by atoms with Crippen molar-refractivity contribution in [3.05, 3.63) is 68.7 Å². The average molecular weight is 301 g/mol. The number of anilines is 1. The van der Waals surface area contributed by atoms with Gasteiger partial charge in [0.1, 0.15) is 0 Å². The largest absolute Gasteiger partial charge is 0.321 e. The van der Waals surface area contributed by atoms with E-state index < -0.39 is 4.92 Å². The van der Waals surface area contributed by atoms with Gasteiger partial charge in [-0.25, -0.2) is 0 Å². The third kappa shape index (κ3) is 2.51. The van der Waals surface area contributed by atoms with E-state index in [1.807, 2.05) is 0 Å². The Kier molecular flexibility index (Phi) is 3.19. The first-order valence-corrected chi connectivity index (χ1v) is 6.50. The highest BCUT2D eigenvalue weighted by molar-refractivity contribution is 6.36. The summed E-state index contributed by atoms with van der Waals surface area (Å²) in [6, 6.07) is 11.2. The number of non-ortho nitro benzene ring substituents is 1. The van der Waals surface area contributed by atoms with Crippen molar-refractivity contribution >= 4 is 40.5 Å². The number of carbonyl (C=O) groups excluding carboxylic acids is 1. The van der Waals surface area contributed by atoms with Gasteiger partial charge in [-0.1, -0.05) is 11.6 Å². The Labute approximate surface area is 125 Å². The summed E-state index contributed by atoms with van der Waals surface area (Å²) in [6.45, 7) is 0. The van der Waals surface area contributed by atoms with Crippen LogP contribution in [0.5, 0.6) is 0 Å². The SMILES string of the molecule is O=C1Nc2ccc(Cl)cc2C1=Cc1ccc([N+](=O)[O-])cc1. The second kappa shape index (κ2) is 5.03. The molecule has 2 aromatic carbocycles. The Bertz CT molecular complexity index is 782. The molecule has 104 valence electrons. The van der Waals surface area contributed by atoms with Crippen LogP contribution in [0.4, 0.5) is 11.4 Å². The van der Waals surface area contributed by atoms with Gasteiger partial charge in [-0.3, -0.25) is 14.9 Å². The lowest BCUT2D eigenvalue weighted by molar-refractivity contribution is -0.384. The van der Waals surface area contributed by atoms with Gasteiger partial charge < -0.3 is 5.32 Å². The molecular weight excluding hydrogens is 292 g/mol. The van der Waals surface area contributed by atoms with Gasteiger partial charge in [-0.2, -0.15) is 0 Å². The van der Waals surface area contributed by atoms with Gasteiger partial charge in [-0.05, 0) is 42.0 Å². The normalized spacial score (nSPS) is 14.9. The summed E-state index contributed by atoms with van der Waals surface area (Å²) < 4.78 is 0. The number of halogens is 1. The predicted octanol–water partition coefficient (Wildman–Crippen LogP) is 3.74. The predicted molar refractivity (Wildman–Crippen MR) is 81.0 cm³/mol. The minimum absolute atomic E-state index is 0.0106. The molecule has 6 heteroatoms. The Balaban J connectivity index is 2.02. The molecule has 1 aliphatic rings. The number of nitrogens with one attached hydrogen (secondary N) is 1. The molecule has 0 spiro atoms. The zero-order valence-corrected chi connectivity index (χ0v) is 11.4. The molecule has 0 bridgehead atoms. The molecule has 1 aliphatic heterocycles. The molecule has 1 heterocycles. The number of nitro benzene ring substituents is 1. The molecule has 0 saturated carbocycles. The van der Waals surface area contributed by atoms with Crippen LogP contribution >= 0.6 is 11.6 Å². The monoisotopic (exact) mass is 300 g/mol. The van der Waals surface area contributed by atoms with E-state index in [0.29, 0.717) is 21.8 Å². The van der Waals surface area contributed by atoms with Crippen molar-refractivity contribution < 1.29 is 9.72 Å². The van der Waals surface area contributed by atoms with E-state index in [0.717, 1.165) is 5.56 Å². The molecule has 0 atom stereocenters. The van der Waals surface area contributed by atoms with E-state index in [9.17, 15) is 14.9 Å². The van der Waals surface area contributed by atoms with Crippen molar-refractivity contribution in [3.8, 4) is 0 Å².